The van der Waals surface area contributed by atoms with Crippen molar-refractivity contribution >= 4 is 27.5 Å². The van der Waals surface area contributed by atoms with Crippen LogP contribution in [0.1, 0.15) is 15.9 Å². The number of rotatable bonds is 4. The number of aryl methyl sites for hydroxylation is 1. The molecule has 0 saturated heterocycles. The molecule has 0 saturated carbocycles. The maximum atomic E-state index is 11.2. The standard InChI is InChI=1S/C14H11BrN2O4/c1-8-6-10(15)3-5-12(8)21-13-7-9(14(16)18)2-4-11(13)17(19)20/h2-7H,1H3,(H2,16,18). The Bertz CT molecular complexity index is 731. The number of carbonyl (C=O) groups is 1. The largest absolute Gasteiger partial charge is 0.450 e. The number of halogens is 1. The van der Waals surface area contributed by atoms with E-state index in [0.717, 1.165) is 10.0 Å². The Morgan fingerprint density at radius 1 is 1.24 bits per heavy atom. The van der Waals surface area contributed by atoms with Crippen molar-refractivity contribution in [1.82, 2.24) is 0 Å². The summed E-state index contributed by atoms with van der Waals surface area (Å²) in [4.78, 5) is 21.6. The van der Waals surface area contributed by atoms with Gasteiger partial charge in [0.15, 0.2) is 0 Å². The molecule has 0 aliphatic carbocycles. The molecule has 0 atom stereocenters. The molecule has 7 heteroatoms. The fraction of sp³-hybridized carbons (Fsp3) is 0.0714. The normalized spacial score (nSPS) is 10.2. The number of nitro groups is 1. The summed E-state index contributed by atoms with van der Waals surface area (Å²) in [6, 6.07) is 9.01. The number of carbonyl (C=O) groups excluding carboxylic acids is 1. The van der Waals surface area contributed by atoms with Gasteiger partial charge in [-0.1, -0.05) is 15.9 Å². The molecule has 0 spiro atoms. The van der Waals surface area contributed by atoms with Gasteiger partial charge in [-0.2, -0.15) is 0 Å². The van der Waals surface area contributed by atoms with E-state index in [9.17, 15) is 14.9 Å². The summed E-state index contributed by atoms with van der Waals surface area (Å²) in [6.45, 7) is 1.81. The second kappa shape index (κ2) is 5.92. The van der Waals surface area contributed by atoms with Crippen LogP contribution >= 0.6 is 15.9 Å². The SMILES string of the molecule is Cc1cc(Br)ccc1Oc1cc(C(N)=O)ccc1[N+](=O)[O-]. The average Bonchev–Trinajstić information content (AvgIpc) is 2.41. The third-order valence-corrected chi connectivity index (χ3v) is 3.29. The van der Waals surface area contributed by atoms with Crippen molar-refractivity contribution < 1.29 is 14.5 Å². The van der Waals surface area contributed by atoms with Gasteiger partial charge in [0.2, 0.25) is 11.7 Å². The molecule has 6 nitrogen and oxygen atoms in total. The lowest BCUT2D eigenvalue weighted by Crippen LogP contribution is -2.11. The van der Waals surface area contributed by atoms with Crippen molar-refractivity contribution in [1.29, 1.82) is 0 Å². The van der Waals surface area contributed by atoms with Gasteiger partial charge in [0.1, 0.15) is 5.75 Å². The number of amides is 1. The van der Waals surface area contributed by atoms with E-state index in [2.05, 4.69) is 15.9 Å². The molecule has 2 aromatic carbocycles. The molecule has 2 N–H and O–H groups in total. The summed E-state index contributed by atoms with van der Waals surface area (Å²) < 4.78 is 6.45. The van der Waals surface area contributed by atoms with Crippen LogP contribution in [0.4, 0.5) is 5.69 Å². The molecule has 0 heterocycles. The van der Waals surface area contributed by atoms with E-state index in [4.69, 9.17) is 10.5 Å². The van der Waals surface area contributed by atoms with Crippen molar-refractivity contribution in [2.24, 2.45) is 5.73 Å². The van der Waals surface area contributed by atoms with Gasteiger partial charge in [-0.3, -0.25) is 14.9 Å². The Balaban J connectivity index is 2.48. The first-order chi connectivity index (χ1) is 9.88. The number of hydrogen-bond donors (Lipinski definition) is 1. The molecule has 0 aliphatic heterocycles. The fourth-order valence-corrected chi connectivity index (χ4v) is 2.22. The lowest BCUT2D eigenvalue weighted by molar-refractivity contribution is -0.385. The monoisotopic (exact) mass is 350 g/mol. The minimum atomic E-state index is -0.678. The molecule has 108 valence electrons. The van der Waals surface area contributed by atoms with Crippen molar-refractivity contribution in [3.63, 3.8) is 0 Å². The van der Waals surface area contributed by atoms with E-state index in [1.165, 1.54) is 18.2 Å². The van der Waals surface area contributed by atoms with Gasteiger partial charge in [-0.15, -0.1) is 0 Å². The molecular weight excluding hydrogens is 340 g/mol. The van der Waals surface area contributed by atoms with Crippen LogP contribution < -0.4 is 10.5 Å². The zero-order chi connectivity index (χ0) is 15.6. The highest BCUT2D eigenvalue weighted by Crippen LogP contribution is 2.34. The third-order valence-electron chi connectivity index (χ3n) is 2.80. The lowest BCUT2D eigenvalue weighted by Gasteiger charge is -2.10. The van der Waals surface area contributed by atoms with E-state index in [1.807, 2.05) is 13.0 Å². The molecule has 2 aromatic rings. The second-order valence-electron chi connectivity index (χ2n) is 4.32. The van der Waals surface area contributed by atoms with Crippen LogP contribution in [0, 0.1) is 17.0 Å². The molecular formula is C14H11BrN2O4. The number of nitro benzene ring substituents is 1. The first-order valence-electron chi connectivity index (χ1n) is 5.90. The van der Waals surface area contributed by atoms with Crippen LogP contribution in [0.25, 0.3) is 0 Å². The molecule has 0 aromatic heterocycles. The van der Waals surface area contributed by atoms with Gasteiger partial charge in [0.05, 0.1) is 4.92 Å². The van der Waals surface area contributed by atoms with E-state index in [1.54, 1.807) is 12.1 Å². The smallest absolute Gasteiger partial charge is 0.311 e. The number of ether oxygens (including phenoxy) is 1. The highest BCUT2D eigenvalue weighted by molar-refractivity contribution is 9.10. The minimum absolute atomic E-state index is 0.0262. The quantitative estimate of drug-likeness (QED) is 0.673. The maximum absolute atomic E-state index is 11.2. The van der Waals surface area contributed by atoms with E-state index < -0.39 is 10.8 Å². The lowest BCUT2D eigenvalue weighted by atomic mass is 10.1. The van der Waals surface area contributed by atoms with Crippen LogP contribution in [0.2, 0.25) is 0 Å². The highest BCUT2D eigenvalue weighted by atomic mass is 79.9. The maximum Gasteiger partial charge on any atom is 0.311 e. The average molecular weight is 351 g/mol. The summed E-state index contributed by atoms with van der Waals surface area (Å²) in [5.41, 5.74) is 5.89. The summed E-state index contributed by atoms with van der Waals surface area (Å²) in [6.07, 6.45) is 0. The minimum Gasteiger partial charge on any atom is -0.450 e. The second-order valence-corrected chi connectivity index (χ2v) is 5.23. The molecule has 2 rings (SSSR count). The van der Waals surface area contributed by atoms with E-state index in [-0.39, 0.29) is 17.0 Å². The molecule has 1 amide bonds. The Morgan fingerprint density at radius 2 is 1.95 bits per heavy atom. The van der Waals surface area contributed by atoms with Crippen molar-refractivity contribution in [3.8, 4) is 11.5 Å². The number of hydrogen-bond acceptors (Lipinski definition) is 4. The molecule has 0 bridgehead atoms. The number of primary amides is 1. The van der Waals surface area contributed by atoms with Crippen LogP contribution in [0.15, 0.2) is 40.9 Å². The Labute approximate surface area is 128 Å². The van der Waals surface area contributed by atoms with E-state index >= 15 is 0 Å². The Morgan fingerprint density at radius 3 is 2.52 bits per heavy atom. The predicted molar refractivity (Wildman–Crippen MR) is 80.6 cm³/mol. The van der Waals surface area contributed by atoms with Gasteiger partial charge in [-0.25, -0.2) is 0 Å². The molecule has 21 heavy (non-hydrogen) atoms. The van der Waals surface area contributed by atoms with Gasteiger partial charge in [0.25, 0.3) is 0 Å². The number of benzene rings is 2. The zero-order valence-corrected chi connectivity index (χ0v) is 12.6. The van der Waals surface area contributed by atoms with Crippen LogP contribution in [0.3, 0.4) is 0 Å². The van der Waals surface area contributed by atoms with Crippen LogP contribution in [-0.2, 0) is 0 Å². The van der Waals surface area contributed by atoms with Crippen LogP contribution in [0.5, 0.6) is 11.5 Å². The fourth-order valence-electron chi connectivity index (χ4n) is 1.75. The number of nitrogens with two attached hydrogens (primary N) is 1. The molecule has 0 unspecified atom stereocenters. The van der Waals surface area contributed by atoms with E-state index in [0.29, 0.717) is 5.75 Å². The topological polar surface area (TPSA) is 95.5 Å². The van der Waals surface area contributed by atoms with Crippen molar-refractivity contribution in [2.75, 3.05) is 0 Å². The Hall–Kier alpha value is -2.41. The van der Waals surface area contributed by atoms with Gasteiger partial charge in [0, 0.05) is 22.2 Å². The van der Waals surface area contributed by atoms with Crippen LogP contribution in [-0.4, -0.2) is 10.8 Å². The molecule has 0 aliphatic rings. The first kappa shape index (κ1) is 15.0. The van der Waals surface area contributed by atoms with Gasteiger partial charge < -0.3 is 10.5 Å². The van der Waals surface area contributed by atoms with Gasteiger partial charge in [-0.05, 0) is 36.8 Å². The first-order valence-corrected chi connectivity index (χ1v) is 6.70. The summed E-state index contributed by atoms with van der Waals surface area (Å²) in [5, 5.41) is 11.0. The van der Waals surface area contributed by atoms with Gasteiger partial charge >= 0.3 is 5.69 Å². The van der Waals surface area contributed by atoms with Crippen molar-refractivity contribution in [2.45, 2.75) is 6.92 Å². The molecule has 0 radical (unpaired) electrons. The summed E-state index contributed by atoms with van der Waals surface area (Å²) in [7, 11) is 0. The number of nitrogens with zero attached hydrogens (tertiary/aromatic N) is 1. The predicted octanol–water partition coefficient (Wildman–Crippen LogP) is 3.56. The Kier molecular flexibility index (Phi) is 4.23. The summed E-state index contributed by atoms with van der Waals surface area (Å²) in [5.74, 6) is -0.244. The highest BCUT2D eigenvalue weighted by Gasteiger charge is 2.18. The molecule has 0 fully saturated rings. The van der Waals surface area contributed by atoms with Crippen molar-refractivity contribution in [3.05, 3.63) is 62.1 Å². The zero-order valence-electron chi connectivity index (χ0n) is 11.0. The summed E-state index contributed by atoms with van der Waals surface area (Å²) >= 11 is 3.33. The third kappa shape index (κ3) is 3.38.